The third kappa shape index (κ3) is 4.98. The minimum absolute atomic E-state index is 0.128. The number of benzene rings is 3. The van der Waals surface area contributed by atoms with Gasteiger partial charge in [0.25, 0.3) is 5.91 Å². The van der Waals surface area contributed by atoms with Crippen LogP contribution >= 0.6 is 11.3 Å². The third-order valence-corrected chi connectivity index (χ3v) is 6.07. The predicted molar refractivity (Wildman–Crippen MR) is 137 cm³/mol. The number of nitrogens with zero attached hydrogens (tertiary/aromatic N) is 4. The highest BCUT2D eigenvalue weighted by atomic mass is 32.1. The lowest BCUT2D eigenvalue weighted by atomic mass is 10.2. The topological polar surface area (TPSA) is 111 Å². The largest absolute Gasteiger partial charge is 0.457 e. The summed E-state index contributed by atoms with van der Waals surface area (Å²) < 4.78 is 11.8. The van der Waals surface area contributed by atoms with E-state index in [1.807, 2.05) is 55.5 Å². The number of carbonyl (C=O) groups is 1. The van der Waals surface area contributed by atoms with E-state index in [1.165, 1.54) is 29.7 Å². The van der Waals surface area contributed by atoms with Crippen molar-refractivity contribution in [3.8, 4) is 11.5 Å². The van der Waals surface area contributed by atoms with Crippen LogP contribution < -0.4 is 9.75 Å². The van der Waals surface area contributed by atoms with E-state index in [9.17, 15) is 14.9 Å². The lowest BCUT2D eigenvalue weighted by Crippen LogP contribution is -2.25. The third-order valence-electron chi connectivity index (χ3n) is 5.08. The number of aromatic nitrogens is 1. The molecule has 5 rings (SSSR count). The number of hydrazone groups is 1. The second kappa shape index (κ2) is 9.80. The Morgan fingerprint density at radius 1 is 1.06 bits per heavy atom. The first-order chi connectivity index (χ1) is 17.5. The molecular weight excluding hydrogens is 480 g/mol. The van der Waals surface area contributed by atoms with Gasteiger partial charge in [0, 0.05) is 5.56 Å². The molecule has 5 aromatic rings. The predicted octanol–water partition coefficient (Wildman–Crippen LogP) is 6.58. The molecular formula is C26H18N4O5S. The van der Waals surface area contributed by atoms with Crippen molar-refractivity contribution >= 4 is 44.7 Å². The van der Waals surface area contributed by atoms with Crippen molar-refractivity contribution < 1.29 is 18.9 Å². The minimum atomic E-state index is -0.644. The molecule has 0 unspecified atom stereocenters. The van der Waals surface area contributed by atoms with Crippen molar-refractivity contribution in [3.05, 3.63) is 112 Å². The van der Waals surface area contributed by atoms with E-state index >= 15 is 0 Å². The van der Waals surface area contributed by atoms with Crippen molar-refractivity contribution in [1.29, 1.82) is 0 Å². The van der Waals surface area contributed by atoms with Crippen LogP contribution in [0.2, 0.25) is 0 Å². The van der Waals surface area contributed by atoms with E-state index in [4.69, 9.17) is 9.15 Å². The zero-order chi connectivity index (χ0) is 25.1. The molecule has 36 heavy (non-hydrogen) atoms. The quantitative estimate of drug-likeness (QED) is 0.142. The second-order valence-corrected chi connectivity index (χ2v) is 8.71. The van der Waals surface area contributed by atoms with E-state index in [2.05, 4.69) is 10.1 Å². The molecule has 0 aliphatic carbocycles. The highest BCUT2D eigenvalue weighted by Crippen LogP contribution is 2.31. The lowest BCUT2D eigenvalue weighted by Gasteiger charge is -2.14. The fraction of sp³-hybridized carbons (Fsp3) is 0.0385. The van der Waals surface area contributed by atoms with Gasteiger partial charge < -0.3 is 9.15 Å². The molecule has 0 bridgehead atoms. The summed E-state index contributed by atoms with van der Waals surface area (Å²) in [5.74, 6) is 0.530. The Balaban J connectivity index is 1.46. The van der Waals surface area contributed by atoms with Crippen LogP contribution in [0.25, 0.3) is 10.2 Å². The summed E-state index contributed by atoms with van der Waals surface area (Å²) in [4.78, 5) is 28.3. The van der Waals surface area contributed by atoms with Crippen molar-refractivity contribution in [2.75, 3.05) is 5.01 Å². The summed E-state index contributed by atoms with van der Waals surface area (Å²) >= 11 is 1.31. The average molecular weight is 499 g/mol. The van der Waals surface area contributed by atoms with Crippen LogP contribution in [-0.4, -0.2) is 22.0 Å². The first kappa shape index (κ1) is 22.9. The Morgan fingerprint density at radius 2 is 1.81 bits per heavy atom. The molecule has 0 N–H and O–H groups in total. The monoisotopic (exact) mass is 498 g/mol. The van der Waals surface area contributed by atoms with Crippen LogP contribution in [0.5, 0.6) is 11.5 Å². The summed E-state index contributed by atoms with van der Waals surface area (Å²) in [7, 11) is 0. The number of nitro groups is 1. The average Bonchev–Trinajstić information content (AvgIpc) is 3.52. The summed E-state index contributed by atoms with van der Waals surface area (Å²) in [6.07, 6.45) is 1.25. The maximum Gasteiger partial charge on any atom is 0.433 e. The van der Waals surface area contributed by atoms with Gasteiger partial charge >= 0.3 is 5.88 Å². The zero-order valence-electron chi connectivity index (χ0n) is 18.9. The van der Waals surface area contributed by atoms with Crippen molar-refractivity contribution in [2.24, 2.45) is 5.10 Å². The number of ether oxygens (including phenoxy) is 1. The Kier molecular flexibility index (Phi) is 6.25. The Labute approximate surface area is 209 Å². The molecule has 10 heteroatoms. The number of furan rings is 1. The Bertz CT molecular complexity index is 1580. The van der Waals surface area contributed by atoms with Crippen LogP contribution in [0, 0.1) is 17.0 Å². The molecule has 0 atom stereocenters. The number of aryl methyl sites for hydroxylation is 1. The summed E-state index contributed by atoms with van der Waals surface area (Å²) in [5.41, 5.74) is 2.15. The molecule has 0 spiro atoms. The minimum Gasteiger partial charge on any atom is -0.457 e. The summed E-state index contributed by atoms with van der Waals surface area (Å²) in [6.45, 7) is 1.97. The lowest BCUT2D eigenvalue weighted by molar-refractivity contribution is -0.402. The van der Waals surface area contributed by atoms with Gasteiger partial charge in [-0.2, -0.15) is 10.1 Å². The van der Waals surface area contributed by atoms with Crippen LogP contribution in [0.4, 0.5) is 11.0 Å². The van der Waals surface area contributed by atoms with E-state index in [-0.39, 0.29) is 5.76 Å². The molecule has 0 fully saturated rings. The number of thiazole rings is 1. The van der Waals surface area contributed by atoms with Gasteiger partial charge in [-0.25, -0.2) is 4.98 Å². The van der Waals surface area contributed by atoms with Gasteiger partial charge in [0.2, 0.25) is 5.13 Å². The molecule has 3 aromatic carbocycles. The van der Waals surface area contributed by atoms with E-state index in [1.54, 1.807) is 24.3 Å². The molecule has 0 radical (unpaired) electrons. The first-order valence-electron chi connectivity index (χ1n) is 10.8. The van der Waals surface area contributed by atoms with E-state index < -0.39 is 16.7 Å². The van der Waals surface area contributed by atoms with Gasteiger partial charge in [0.15, 0.2) is 5.76 Å². The fourth-order valence-corrected chi connectivity index (χ4v) is 4.36. The Morgan fingerprint density at radius 3 is 2.53 bits per heavy atom. The van der Waals surface area contributed by atoms with Crippen molar-refractivity contribution in [3.63, 3.8) is 0 Å². The number of carbonyl (C=O) groups excluding carboxylic acids is 1. The molecule has 1 amide bonds. The van der Waals surface area contributed by atoms with Gasteiger partial charge in [0.05, 0.1) is 22.5 Å². The standard InChI is InChI=1S/C26H18N4O5S/c1-17-7-13-22-23(15-17)36-26(28-22)29(27-16-21-12-14-24(35-21)30(32)33)25(31)18-8-10-20(11-9-18)34-19-5-3-2-4-6-19/h2-16H,1H3/b27-16+. The second-order valence-electron chi connectivity index (χ2n) is 7.70. The highest BCUT2D eigenvalue weighted by Gasteiger charge is 2.22. The van der Waals surface area contributed by atoms with Gasteiger partial charge in [-0.1, -0.05) is 35.6 Å². The molecule has 2 heterocycles. The van der Waals surface area contributed by atoms with Crippen LogP contribution in [-0.2, 0) is 0 Å². The number of anilines is 1. The molecule has 0 saturated carbocycles. The number of amides is 1. The fourth-order valence-electron chi connectivity index (χ4n) is 3.34. The van der Waals surface area contributed by atoms with E-state index in [0.29, 0.717) is 22.2 Å². The molecule has 0 saturated heterocycles. The maximum absolute atomic E-state index is 13.5. The number of hydrogen-bond acceptors (Lipinski definition) is 8. The SMILES string of the molecule is Cc1ccc2nc(N(/N=C/c3ccc([N+](=O)[O-])o3)C(=O)c3ccc(Oc4ccccc4)cc3)sc2c1. The van der Waals surface area contributed by atoms with Gasteiger partial charge in [-0.15, -0.1) is 0 Å². The van der Waals surface area contributed by atoms with Crippen LogP contribution in [0.15, 0.2) is 94.4 Å². The molecule has 0 aliphatic rings. The van der Waals surface area contributed by atoms with Crippen LogP contribution in [0.3, 0.4) is 0 Å². The maximum atomic E-state index is 13.5. The smallest absolute Gasteiger partial charge is 0.433 e. The highest BCUT2D eigenvalue weighted by molar-refractivity contribution is 7.22. The van der Waals surface area contributed by atoms with Gasteiger partial charge in [0.1, 0.15) is 16.4 Å². The first-order valence-corrected chi connectivity index (χ1v) is 11.6. The van der Waals surface area contributed by atoms with Crippen molar-refractivity contribution in [1.82, 2.24) is 4.98 Å². The molecule has 9 nitrogen and oxygen atoms in total. The van der Waals surface area contributed by atoms with Crippen molar-refractivity contribution in [2.45, 2.75) is 6.92 Å². The summed E-state index contributed by atoms with van der Waals surface area (Å²) in [6, 6.07) is 24.4. The molecule has 2 aromatic heterocycles. The number of hydrogen-bond donors (Lipinski definition) is 0. The number of para-hydroxylation sites is 1. The number of rotatable bonds is 7. The Hall–Kier alpha value is -4.83. The van der Waals surface area contributed by atoms with Gasteiger partial charge in [-0.3, -0.25) is 14.9 Å². The molecule has 0 aliphatic heterocycles. The van der Waals surface area contributed by atoms with E-state index in [0.717, 1.165) is 20.8 Å². The number of fused-ring (bicyclic) bond motifs is 1. The van der Waals surface area contributed by atoms with Gasteiger partial charge in [-0.05, 0) is 67.1 Å². The van der Waals surface area contributed by atoms with Crippen LogP contribution in [0.1, 0.15) is 21.7 Å². The zero-order valence-corrected chi connectivity index (χ0v) is 19.7. The normalized spacial score (nSPS) is 11.1. The summed E-state index contributed by atoms with van der Waals surface area (Å²) in [5, 5.41) is 16.7. The molecule has 178 valence electrons.